The van der Waals surface area contributed by atoms with Crippen LogP contribution in [0.4, 0.5) is 0 Å². The number of para-hydroxylation sites is 1. The molecule has 0 unspecified atom stereocenters. The largest absolute Gasteiger partial charge is 0.488 e. The topological polar surface area (TPSA) is 62.1 Å². The van der Waals surface area contributed by atoms with Gasteiger partial charge in [-0.2, -0.15) is 5.26 Å². The number of rotatable bonds is 6. The first-order valence-corrected chi connectivity index (χ1v) is 10.2. The van der Waals surface area contributed by atoms with Crippen LogP contribution in [0.3, 0.4) is 0 Å². The monoisotopic (exact) mass is 390 g/mol. The fourth-order valence-electron chi connectivity index (χ4n) is 4.69. The molecule has 1 N–H and O–H groups in total. The Morgan fingerprint density at radius 2 is 1.69 bits per heavy atom. The van der Waals surface area contributed by atoms with Gasteiger partial charge in [0.2, 0.25) is 0 Å². The second-order valence-corrected chi connectivity index (χ2v) is 9.39. The van der Waals surface area contributed by atoms with E-state index in [2.05, 4.69) is 39.1 Å². The van der Waals surface area contributed by atoms with Crippen molar-refractivity contribution in [1.82, 2.24) is 5.32 Å². The standard InChI is InChI=1S/C25H30N2O2/c1-24(2)14-19(15-25(3,4)27-24)13-22(28)20-11-9-18(10-12-20)17-29-23-8-6-5-7-21(23)16-26/h5-12,19,27H,13-15,17H2,1-4H3. The Balaban J connectivity index is 1.60. The van der Waals surface area contributed by atoms with Crippen LogP contribution in [0.5, 0.6) is 5.75 Å². The molecule has 0 bridgehead atoms. The Labute approximate surface area is 173 Å². The number of ether oxygens (including phenoxy) is 1. The second-order valence-electron chi connectivity index (χ2n) is 9.39. The van der Waals surface area contributed by atoms with Gasteiger partial charge in [0.15, 0.2) is 5.78 Å². The van der Waals surface area contributed by atoms with Crippen LogP contribution in [-0.2, 0) is 6.61 Å². The molecular weight excluding hydrogens is 360 g/mol. The molecular formula is C25H30N2O2. The Morgan fingerprint density at radius 1 is 1.07 bits per heavy atom. The van der Waals surface area contributed by atoms with E-state index in [0.29, 0.717) is 30.3 Å². The van der Waals surface area contributed by atoms with Crippen molar-refractivity contribution in [2.24, 2.45) is 5.92 Å². The maximum absolute atomic E-state index is 12.8. The Kier molecular flexibility index (Phi) is 6.10. The van der Waals surface area contributed by atoms with Gasteiger partial charge < -0.3 is 10.1 Å². The van der Waals surface area contributed by atoms with E-state index in [9.17, 15) is 4.79 Å². The number of hydrogen-bond donors (Lipinski definition) is 1. The highest BCUT2D eigenvalue weighted by Gasteiger charge is 2.38. The summed E-state index contributed by atoms with van der Waals surface area (Å²) in [5, 5.41) is 12.8. The quantitative estimate of drug-likeness (QED) is 0.683. The fraction of sp³-hybridized carbons (Fsp3) is 0.440. The van der Waals surface area contributed by atoms with Gasteiger partial charge in [-0.25, -0.2) is 0 Å². The van der Waals surface area contributed by atoms with Crippen molar-refractivity contribution in [2.75, 3.05) is 0 Å². The Hall–Kier alpha value is -2.64. The number of benzene rings is 2. The van der Waals surface area contributed by atoms with Gasteiger partial charge in [-0.05, 0) is 64.2 Å². The molecule has 1 aliphatic rings. The van der Waals surface area contributed by atoms with Crippen molar-refractivity contribution in [3.8, 4) is 11.8 Å². The van der Waals surface area contributed by atoms with Crippen LogP contribution in [0.1, 0.15) is 68.4 Å². The third-order valence-corrected chi connectivity index (χ3v) is 5.43. The van der Waals surface area contributed by atoms with Crippen LogP contribution in [-0.4, -0.2) is 16.9 Å². The number of nitriles is 1. The highest BCUT2D eigenvalue weighted by atomic mass is 16.5. The molecule has 0 amide bonds. The van der Waals surface area contributed by atoms with Crippen molar-refractivity contribution in [3.63, 3.8) is 0 Å². The summed E-state index contributed by atoms with van der Waals surface area (Å²) in [6, 6.07) is 16.9. The summed E-state index contributed by atoms with van der Waals surface area (Å²) < 4.78 is 5.77. The molecule has 1 aliphatic heterocycles. The van der Waals surface area contributed by atoms with Crippen molar-refractivity contribution in [2.45, 2.75) is 64.6 Å². The van der Waals surface area contributed by atoms with Crippen LogP contribution < -0.4 is 10.1 Å². The average Bonchev–Trinajstić information content (AvgIpc) is 2.64. The van der Waals surface area contributed by atoms with E-state index in [1.807, 2.05) is 36.4 Å². The van der Waals surface area contributed by atoms with Crippen molar-refractivity contribution < 1.29 is 9.53 Å². The van der Waals surface area contributed by atoms with Gasteiger partial charge in [0.1, 0.15) is 18.4 Å². The Bertz CT molecular complexity index is 891. The molecule has 0 aliphatic carbocycles. The molecule has 4 heteroatoms. The first-order valence-electron chi connectivity index (χ1n) is 10.2. The maximum atomic E-state index is 12.8. The number of carbonyl (C=O) groups excluding carboxylic acids is 1. The molecule has 2 aromatic carbocycles. The smallest absolute Gasteiger partial charge is 0.163 e. The average molecular weight is 391 g/mol. The lowest BCUT2D eigenvalue weighted by Crippen LogP contribution is -2.57. The summed E-state index contributed by atoms with van der Waals surface area (Å²) in [6.07, 6.45) is 2.60. The number of nitrogens with zero attached hydrogens (tertiary/aromatic N) is 1. The molecule has 4 nitrogen and oxygen atoms in total. The maximum Gasteiger partial charge on any atom is 0.163 e. The molecule has 2 aromatic rings. The third-order valence-electron chi connectivity index (χ3n) is 5.43. The molecule has 0 spiro atoms. The minimum absolute atomic E-state index is 0.0492. The third kappa shape index (κ3) is 5.68. The Morgan fingerprint density at radius 3 is 2.31 bits per heavy atom. The number of carbonyl (C=O) groups is 1. The van der Waals surface area contributed by atoms with Gasteiger partial charge in [0.05, 0.1) is 5.56 Å². The van der Waals surface area contributed by atoms with Crippen LogP contribution in [0, 0.1) is 17.2 Å². The number of nitrogens with one attached hydrogen (secondary N) is 1. The lowest BCUT2D eigenvalue weighted by Gasteiger charge is -2.46. The van der Waals surface area contributed by atoms with Gasteiger partial charge in [-0.1, -0.05) is 36.4 Å². The molecule has 1 saturated heterocycles. The molecule has 0 atom stereocenters. The molecule has 1 fully saturated rings. The lowest BCUT2D eigenvalue weighted by atomic mass is 9.74. The minimum Gasteiger partial charge on any atom is -0.488 e. The van der Waals surface area contributed by atoms with E-state index in [1.165, 1.54) is 0 Å². The molecule has 0 aromatic heterocycles. The summed E-state index contributed by atoms with van der Waals surface area (Å²) in [4.78, 5) is 12.8. The predicted octanol–water partition coefficient (Wildman–Crippen LogP) is 5.27. The SMILES string of the molecule is CC1(C)CC(CC(=O)c2ccc(COc3ccccc3C#N)cc2)CC(C)(C)N1. The van der Waals surface area contributed by atoms with E-state index in [4.69, 9.17) is 10.00 Å². The van der Waals surface area contributed by atoms with Gasteiger partial charge in [-0.3, -0.25) is 4.79 Å². The van der Waals surface area contributed by atoms with Crippen molar-refractivity contribution in [3.05, 3.63) is 65.2 Å². The zero-order valence-electron chi connectivity index (χ0n) is 17.8. The van der Waals surface area contributed by atoms with Crippen molar-refractivity contribution >= 4 is 5.78 Å². The highest BCUT2D eigenvalue weighted by Crippen LogP contribution is 2.35. The number of ketones is 1. The van der Waals surface area contributed by atoms with Gasteiger partial charge in [0, 0.05) is 23.1 Å². The summed E-state index contributed by atoms with van der Waals surface area (Å²) in [5.41, 5.74) is 2.34. The van der Waals surface area contributed by atoms with Gasteiger partial charge in [0.25, 0.3) is 0 Å². The van der Waals surface area contributed by atoms with Gasteiger partial charge in [-0.15, -0.1) is 0 Å². The summed E-state index contributed by atoms with van der Waals surface area (Å²) in [5.74, 6) is 1.16. The molecule has 1 heterocycles. The van der Waals surface area contributed by atoms with Crippen LogP contribution >= 0.6 is 0 Å². The first kappa shape index (κ1) is 21.1. The summed E-state index contributed by atoms with van der Waals surface area (Å²) in [6.45, 7) is 9.22. The van der Waals surface area contributed by atoms with Crippen molar-refractivity contribution in [1.29, 1.82) is 5.26 Å². The van der Waals surface area contributed by atoms with Crippen LogP contribution in [0.2, 0.25) is 0 Å². The number of hydrogen-bond acceptors (Lipinski definition) is 4. The molecule has 0 radical (unpaired) electrons. The molecule has 0 saturated carbocycles. The fourth-order valence-corrected chi connectivity index (χ4v) is 4.69. The predicted molar refractivity (Wildman–Crippen MR) is 115 cm³/mol. The van der Waals surface area contributed by atoms with E-state index in [0.717, 1.165) is 24.0 Å². The van der Waals surface area contributed by atoms with Crippen LogP contribution in [0.25, 0.3) is 0 Å². The summed E-state index contributed by atoms with van der Waals surface area (Å²) >= 11 is 0. The number of Topliss-reactive ketones (excluding diaryl/α,β-unsaturated/α-hetero) is 1. The summed E-state index contributed by atoms with van der Waals surface area (Å²) in [7, 11) is 0. The van der Waals surface area contributed by atoms with E-state index in [1.54, 1.807) is 12.1 Å². The van der Waals surface area contributed by atoms with E-state index >= 15 is 0 Å². The normalized spacial score (nSPS) is 18.0. The second kappa shape index (κ2) is 8.39. The van der Waals surface area contributed by atoms with E-state index in [-0.39, 0.29) is 16.9 Å². The molecule has 29 heavy (non-hydrogen) atoms. The molecule has 152 valence electrons. The molecule has 3 rings (SSSR count). The minimum atomic E-state index is 0.0492. The van der Waals surface area contributed by atoms with E-state index < -0.39 is 0 Å². The highest BCUT2D eigenvalue weighted by molar-refractivity contribution is 5.96. The van der Waals surface area contributed by atoms with Gasteiger partial charge >= 0.3 is 0 Å². The number of piperidine rings is 1. The first-order chi connectivity index (χ1) is 13.7. The zero-order valence-corrected chi connectivity index (χ0v) is 17.8. The zero-order chi connectivity index (χ0) is 21.1. The van der Waals surface area contributed by atoms with Crippen LogP contribution in [0.15, 0.2) is 48.5 Å². The lowest BCUT2D eigenvalue weighted by molar-refractivity contribution is 0.0864.